The van der Waals surface area contributed by atoms with E-state index in [2.05, 4.69) is 19.9 Å². The number of benzene rings is 1. The highest BCUT2D eigenvalue weighted by Crippen LogP contribution is 2.23. The van der Waals surface area contributed by atoms with Crippen molar-refractivity contribution in [3.63, 3.8) is 0 Å². The van der Waals surface area contributed by atoms with Crippen molar-refractivity contribution in [3.05, 3.63) is 29.3 Å². The van der Waals surface area contributed by atoms with E-state index in [0.29, 0.717) is 19.0 Å². The molecule has 0 fully saturated rings. The molecule has 1 rings (SSSR count). The van der Waals surface area contributed by atoms with Crippen LogP contribution in [0.15, 0.2) is 18.2 Å². The van der Waals surface area contributed by atoms with Gasteiger partial charge in [-0.05, 0) is 24.5 Å². The Morgan fingerprint density at radius 2 is 0.914 bits per heavy atom. The molecule has 0 atom stereocenters. The maximum Gasteiger partial charge on any atom is 0.121 e. The predicted octanol–water partition coefficient (Wildman–Crippen LogP) is 10.3. The Morgan fingerprint density at radius 3 is 1.37 bits per heavy atom. The summed E-state index contributed by atoms with van der Waals surface area (Å²) < 4.78 is 11.8. The molecule has 1 N–H and O–H groups in total. The Balaban J connectivity index is 2.05. The average Bonchev–Trinajstić information content (AvgIpc) is 2.86. The molecule has 0 aliphatic carbocycles. The first-order valence-corrected chi connectivity index (χ1v) is 15.2. The van der Waals surface area contributed by atoms with Crippen LogP contribution in [0.25, 0.3) is 0 Å². The first-order chi connectivity index (χ1) is 17.3. The lowest BCUT2D eigenvalue weighted by Gasteiger charge is -2.13. The van der Waals surface area contributed by atoms with Gasteiger partial charge in [0, 0.05) is 18.8 Å². The van der Waals surface area contributed by atoms with Crippen LogP contribution in [0.2, 0.25) is 0 Å². The Hall–Kier alpha value is -1.06. The average molecular weight is 491 g/mol. The quantitative estimate of drug-likeness (QED) is 0.131. The first-order valence-electron chi connectivity index (χ1n) is 15.2. The molecule has 0 unspecified atom stereocenters. The SMILES string of the molecule is CCCCCCCCCCCCOCc1cccc(O)c1COCCCCCCCCCCCC. The van der Waals surface area contributed by atoms with Gasteiger partial charge in [-0.15, -0.1) is 0 Å². The molecule has 3 heteroatoms. The number of aromatic hydroxyl groups is 1. The molecule has 0 radical (unpaired) electrons. The van der Waals surface area contributed by atoms with E-state index in [9.17, 15) is 5.11 Å². The van der Waals surface area contributed by atoms with Crippen molar-refractivity contribution in [1.29, 1.82) is 0 Å². The molecule has 1 aromatic carbocycles. The molecule has 0 bridgehead atoms. The highest BCUT2D eigenvalue weighted by atomic mass is 16.5. The molecule has 0 spiro atoms. The maximum atomic E-state index is 10.3. The molecule has 0 amide bonds. The molecule has 0 heterocycles. The predicted molar refractivity (Wildman–Crippen MR) is 151 cm³/mol. The van der Waals surface area contributed by atoms with Gasteiger partial charge in [-0.1, -0.05) is 142 Å². The van der Waals surface area contributed by atoms with Crippen LogP contribution in [0.4, 0.5) is 0 Å². The van der Waals surface area contributed by atoms with Gasteiger partial charge >= 0.3 is 0 Å². The van der Waals surface area contributed by atoms with Gasteiger partial charge in [0.2, 0.25) is 0 Å². The zero-order valence-corrected chi connectivity index (χ0v) is 23.5. The molecule has 0 saturated heterocycles. The molecule has 0 aliphatic heterocycles. The summed E-state index contributed by atoms with van der Waals surface area (Å²) in [6, 6.07) is 5.71. The number of hydrogen-bond donors (Lipinski definition) is 1. The lowest BCUT2D eigenvalue weighted by atomic mass is 10.1. The van der Waals surface area contributed by atoms with Crippen LogP contribution in [0.5, 0.6) is 5.75 Å². The highest BCUT2D eigenvalue weighted by molar-refractivity contribution is 5.38. The molecule has 3 nitrogen and oxygen atoms in total. The van der Waals surface area contributed by atoms with Gasteiger partial charge in [-0.2, -0.15) is 0 Å². The van der Waals surface area contributed by atoms with Gasteiger partial charge < -0.3 is 14.6 Å². The van der Waals surface area contributed by atoms with E-state index in [1.807, 2.05) is 6.07 Å². The molecule has 0 aliphatic rings. The van der Waals surface area contributed by atoms with Gasteiger partial charge in [0.05, 0.1) is 13.2 Å². The van der Waals surface area contributed by atoms with Gasteiger partial charge in [-0.25, -0.2) is 0 Å². The molecular formula is C32H58O3. The zero-order valence-electron chi connectivity index (χ0n) is 23.5. The van der Waals surface area contributed by atoms with Crippen LogP contribution in [-0.2, 0) is 22.7 Å². The van der Waals surface area contributed by atoms with Gasteiger partial charge in [0.15, 0.2) is 0 Å². The third-order valence-corrected chi connectivity index (χ3v) is 7.04. The molecule has 1 aromatic rings. The minimum Gasteiger partial charge on any atom is -0.508 e. The third-order valence-electron chi connectivity index (χ3n) is 7.04. The van der Waals surface area contributed by atoms with Crippen molar-refractivity contribution in [3.8, 4) is 5.75 Å². The van der Waals surface area contributed by atoms with Gasteiger partial charge in [0.25, 0.3) is 0 Å². The molecule has 0 saturated carbocycles. The number of hydrogen-bond acceptors (Lipinski definition) is 3. The lowest BCUT2D eigenvalue weighted by Crippen LogP contribution is -2.03. The summed E-state index contributed by atoms with van der Waals surface area (Å²) in [5.74, 6) is 0.327. The van der Waals surface area contributed by atoms with E-state index >= 15 is 0 Å². The second-order valence-electron chi connectivity index (χ2n) is 10.4. The van der Waals surface area contributed by atoms with Crippen molar-refractivity contribution in [2.75, 3.05) is 13.2 Å². The van der Waals surface area contributed by atoms with Crippen molar-refractivity contribution in [2.45, 2.75) is 155 Å². The smallest absolute Gasteiger partial charge is 0.121 e. The second kappa shape index (κ2) is 24.6. The fourth-order valence-electron chi connectivity index (χ4n) is 4.66. The Kier molecular flexibility index (Phi) is 22.5. The number of phenols is 1. The highest BCUT2D eigenvalue weighted by Gasteiger charge is 2.08. The zero-order chi connectivity index (χ0) is 25.2. The van der Waals surface area contributed by atoms with Crippen LogP contribution >= 0.6 is 0 Å². The summed E-state index contributed by atoms with van der Waals surface area (Å²) in [6.07, 6.45) is 26.7. The van der Waals surface area contributed by atoms with E-state index in [1.165, 1.54) is 116 Å². The fraction of sp³-hybridized carbons (Fsp3) is 0.812. The molecule has 204 valence electrons. The van der Waals surface area contributed by atoms with E-state index in [-0.39, 0.29) is 0 Å². The van der Waals surface area contributed by atoms with Crippen LogP contribution in [0.3, 0.4) is 0 Å². The van der Waals surface area contributed by atoms with Crippen molar-refractivity contribution in [1.82, 2.24) is 0 Å². The number of rotatable bonds is 26. The van der Waals surface area contributed by atoms with Crippen molar-refractivity contribution >= 4 is 0 Å². The number of phenolic OH excluding ortho intramolecular Hbond substituents is 1. The summed E-state index contributed by atoms with van der Waals surface area (Å²) >= 11 is 0. The largest absolute Gasteiger partial charge is 0.508 e. The van der Waals surface area contributed by atoms with Crippen molar-refractivity contribution < 1.29 is 14.6 Å². The number of unbranched alkanes of at least 4 members (excludes halogenated alkanes) is 18. The van der Waals surface area contributed by atoms with E-state index in [1.54, 1.807) is 6.07 Å². The molecular weight excluding hydrogens is 432 g/mol. The first kappa shape index (κ1) is 32.0. The molecule has 35 heavy (non-hydrogen) atoms. The molecule has 0 aromatic heterocycles. The summed E-state index contributed by atoms with van der Waals surface area (Å²) in [5.41, 5.74) is 1.95. The Bertz CT molecular complexity index is 572. The summed E-state index contributed by atoms with van der Waals surface area (Å²) in [4.78, 5) is 0. The minimum absolute atomic E-state index is 0.327. The van der Waals surface area contributed by atoms with E-state index in [0.717, 1.165) is 37.2 Å². The third kappa shape index (κ3) is 18.8. The summed E-state index contributed by atoms with van der Waals surface area (Å²) in [6.45, 7) is 7.14. The Labute approximate surface area is 218 Å². The van der Waals surface area contributed by atoms with Crippen molar-refractivity contribution in [2.24, 2.45) is 0 Å². The topological polar surface area (TPSA) is 38.7 Å². The summed E-state index contributed by atoms with van der Waals surface area (Å²) in [7, 11) is 0. The number of ether oxygens (including phenoxy) is 2. The van der Waals surface area contributed by atoms with E-state index in [4.69, 9.17) is 9.47 Å². The standard InChI is InChI=1S/C32H58O3/c1-3-5-7-9-11-13-15-17-19-21-26-34-28-30-24-23-25-32(33)31(30)29-35-27-22-20-18-16-14-12-10-8-6-4-2/h23-25,33H,3-22,26-29H2,1-2H3. The van der Waals surface area contributed by atoms with Crippen LogP contribution in [-0.4, -0.2) is 18.3 Å². The minimum atomic E-state index is 0.327. The van der Waals surface area contributed by atoms with Crippen LogP contribution in [0.1, 0.15) is 153 Å². The van der Waals surface area contributed by atoms with E-state index < -0.39 is 0 Å². The normalized spacial score (nSPS) is 11.4. The fourth-order valence-corrected chi connectivity index (χ4v) is 4.66. The monoisotopic (exact) mass is 490 g/mol. The Morgan fingerprint density at radius 1 is 0.514 bits per heavy atom. The van der Waals surface area contributed by atoms with Gasteiger partial charge in [0.1, 0.15) is 5.75 Å². The lowest BCUT2D eigenvalue weighted by molar-refractivity contribution is 0.102. The van der Waals surface area contributed by atoms with Gasteiger partial charge in [-0.3, -0.25) is 0 Å². The van der Waals surface area contributed by atoms with Crippen LogP contribution in [0, 0.1) is 0 Å². The maximum absolute atomic E-state index is 10.3. The summed E-state index contributed by atoms with van der Waals surface area (Å²) in [5, 5.41) is 10.3. The van der Waals surface area contributed by atoms with Crippen LogP contribution < -0.4 is 0 Å². The second-order valence-corrected chi connectivity index (χ2v) is 10.4.